The lowest BCUT2D eigenvalue weighted by molar-refractivity contribution is 0.162. The molecule has 0 saturated carbocycles. The average molecular weight is 302 g/mol. The van der Waals surface area contributed by atoms with Crippen LogP contribution in [0.4, 0.5) is 0 Å². The Kier molecular flexibility index (Phi) is 4.89. The zero-order valence-corrected chi connectivity index (χ0v) is 13.4. The van der Waals surface area contributed by atoms with E-state index >= 15 is 0 Å². The number of rotatable bonds is 5. The van der Waals surface area contributed by atoms with E-state index in [0.717, 1.165) is 12.0 Å². The third-order valence-corrected chi connectivity index (χ3v) is 4.24. The second kappa shape index (κ2) is 7.26. The number of hydrogen-bond donors (Lipinski definition) is 1. The van der Waals surface area contributed by atoms with E-state index in [2.05, 4.69) is 61.5 Å². The van der Waals surface area contributed by atoms with Crippen LogP contribution in [-0.2, 0) is 0 Å². The van der Waals surface area contributed by atoms with Gasteiger partial charge in [0.1, 0.15) is 0 Å². The Morgan fingerprint density at radius 3 is 2.35 bits per heavy atom. The van der Waals surface area contributed by atoms with E-state index in [1.165, 1.54) is 16.3 Å². The molecular formula is C22H22O. The van der Waals surface area contributed by atoms with E-state index in [0.29, 0.717) is 0 Å². The van der Waals surface area contributed by atoms with E-state index in [1.807, 2.05) is 30.3 Å². The Balaban J connectivity index is 2.10. The van der Waals surface area contributed by atoms with Gasteiger partial charge in [0, 0.05) is 5.92 Å². The fourth-order valence-electron chi connectivity index (χ4n) is 3.06. The molecule has 0 aliphatic rings. The Morgan fingerprint density at radius 2 is 1.57 bits per heavy atom. The van der Waals surface area contributed by atoms with Crippen LogP contribution in [0.3, 0.4) is 0 Å². The molecule has 0 bridgehead atoms. The number of benzene rings is 3. The molecule has 1 heteroatoms. The molecule has 0 unspecified atom stereocenters. The maximum atomic E-state index is 11.0. The minimum absolute atomic E-state index is 0.0524. The largest absolute Gasteiger partial charge is 0.387 e. The highest BCUT2D eigenvalue weighted by molar-refractivity contribution is 5.86. The van der Waals surface area contributed by atoms with Crippen molar-refractivity contribution in [2.75, 3.05) is 0 Å². The molecular weight excluding hydrogens is 280 g/mol. The third-order valence-electron chi connectivity index (χ3n) is 4.24. The molecule has 0 fully saturated rings. The number of aliphatic hydroxyl groups excluding tert-OH is 1. The maximum Gasteiger partial charge on any atom is 0.0893 e. The summed E-state index contributed by atoms with van der Waals surface area (Å²) in [6.45, 7) is 2.12. The molecule has 0 aliphatic carbocycles. The zero-order valence-electron chi connectivity index (χ0n) is 13.4. The van der Waals surface area contributed by atoms with Gasteiger partial charge in [0.25, 0.3) is 0 Å². The molecule has 3 rings (SSSR count). The van der Waals surface area contributed by atoms with Gasteiger partial charge in [0.2, 0.25) is 0 Å². The number of allylic oxidation sites excluding steroid dienone is 1. The van der Waals surface area contributed by atoms with Crippen molar-refractivity contribution in [1.82, 2.24) is 0 Å². The van der Waals surface area contributed by atoms with Crippen LogP contribution in [0.2, 0.25) is 0 Å². The van der Waals surface area contributed by atoms with Gasteiger partial charge in [-0.1, -0.05) is 91.9 Å². The summed E-state index contributed by atoms with van der Waals surface area (Å²) in [6, 6.07) is 24.6. The zero-order chi connectivity index (χ0) is 16.1. The number of aliphatic hydroxyl groups is 1. The molecule has 0 spiro atoms. The Hall–Kier alpha value is -2.38. The molecule has 0 saturated heterocycles. The van der Waals surface area contributed by atoms with Gasteiger partial charge in [-0.3, -0.25) is 0 Å². The van der Waals surface area contributed by atoms with Crippen LogP contribution in [0, 0.1) is 0 Å². The minimum Gasteiger partial charge on any atom is -0.387 e. The summed E-state index contributed by atoms with van der Waals surface area (Å²) in [5.41, 5.74) is 2.12. The lowest BCUT2D eigenvalue weighted by Gasteiger charge is -2.22. The Morgan fingerprint density at radius 1 is 0.870 bits per heavy atom. The van der Waals surface area contributed by atoms with Crippen LogP contribution in [0.5, 0.6) is 0 Å². The molecule has 0 radical (unpaired) electrons. The predicted molar refractivity (Wildman–Crippen MR) is 97.5 cm³/mol. The highest BCUT2D eigenvalue weighted by Gasteiger charge is 2.21. The fraction of sp³-hybridized carbons (Fsp3) is 0.182. The van der Waals surface area contributed by atoms with Crippen LogP contribution in [0.1, 0.15) is 36.5 Å². The summed E-state index contributed by atoms with van der Waals surface area (Å²) in [6.07, 6.45) is 4.69. The van der Waals surface area contributed by atoms with Crippen LogP contribution >= 0.6 is 0 Å². The summed E-state index contributed by atoms with van der Waals surface area (Å²) in [5, 5.41) is 13.4. The maximum absolute atomic E-state index is 11.0. The van der Waals surface area contributed by atoms with Crippen LogP contribution in [0.15, 0.2) is 84.9 Å². The first-order valence-electron chi connectivity index (χ1n) is 8.18. The van der Waals surface area contributed by atoms with Crippen molar-refractivity contribution in [2.45, 2.75) is 25.4 Å². The van der Waals surface area contributed by atoms with Crippen molar-refractivity contribution in [3.63, 3.8) is 0 Å². The summed E-state index contributed by atoms with van der Waals surface area (Å²) >= 11 is 0. The fourth-order valence-corrected chi connectivity index (χ4v) is 3.06. The van der Waals surface area contributed by atoms with Gasteiger partial charge in [0.15, 0.2) is 0 Å². The molecule has 2 atom stereocenters. The molecule has 3 aromatic rings. The molecule has 1 N–H and O–H groups in total. The van der Waals surface area contributed by atoms with Gasteiger partial charge in [-0.15, -0.1) is 0 Å². The van der Waals surface area contributed by atoms with Crippen LogP contribution < -0.4 is 0 Å². The van der Waals surface area contributed by atoms with Crippen molar-refractivity contribution in [2.24, 2.45) is 0 Å². The van der Waals surface area contributed by atoms with Crippen LogP contribution in [0.25, 0.3) is 10.8 Å². The monoisotopic (exact) mass is 302 g/mol. The van der Waals surface area contributed by atoms with Crippen molar-refractivity contribution in [3.8, 4) is 0 Å². The molecule has 0 aromatic heterocycles. The van der Waals surface area contributed by atoms with Crippen LogP contribution in [-0.4, -0.2) is 5.11 Å². The first-order chi connectivity index (χ1) is 11.3. The summed E-state index contributed by atoms with van der Waals surface area (Å²) in [5.74, 6) is -0.0524. The highest BCUT2D eigenvalue weighted by Crippen LogP contribution is 2.36. The van der Waals surface area contributed by atoms with E-state index in [9.17, 15) is 5.11 Å². The van der Waals surface area contributed by atoms with Crippen molar-refractivity contribution < 1.29 is 5.11 Å². The molecule has 0 aliphatic heterocycles. The number of fused-ring (bicyclic) bond motifs is 1. The van der Waals surface area contributed by atoms with Gasteiger partial charge in [0.05, 0.1) is 6.10 Å². The molecule has 23 heavy (non-hydrogen) atoms. The van der Waals surface area contributed by atoms with Gasteiger partial charge >= 0.3 is 0 Å². The predicted octanol–water partition coefficient (Wildman–Crippen LogP) is 5.62. The molecule has 0 heterocycles. The quantitative estimate of drug-likeness (QED) is 0.606. The average Bonchev–Trinajstić information content (AvgIpc) is 2.62. The van der Waals surface area contributed by atoms with E-state index in [-0.39, 0.29) is 5.92 Å². The van der Waals surface area contributed by atoms with Crippen molar-refractivity contribution in [1.29, 1.82) is 0 Å². The standard InChI is InChI=1S/C22H22O/c1-2-3-14-21(22(23)18-11-5-4-6-12-18)20-16-9-13-17-10-7-8-15-19(17)20/h3-16,21-23H,2H2,1H3/b14-3-/t21-,22-/m0/s1. The van der Waals surface area contributed by atoms with Crippen molar-refractivity contribution >= 4 is 10.8 Å². The Bertz CT molecular complexity index is 784. The summed E-state index contributed by atoms with van der Waals surface area (Å²) in [7, 11) is 0. The van der Waals surface area contributed by atoms with Crippen molar-refractivity contribution in [3.05, 3.63) is 96.1 Å². The van der Waals surface area contributed by atoms with E-state index in [4.69, 9.17) is 0 Å². The highest BCUT2D eigenvalue weighted by atomic mass is 16.3. The van der Waals surface area contributed by atoms with Gasteiger partial charge in [-0.05, 0) is 28.3 Å². The smallest absolute Gasteiger partial charge is 0.0893 e. The molecule has 116 valence electrons. The SMILES string of the molecule is CC/C=C\[C@@H](c1cccc2ccccc12)[C@@H](O)c1ccccc1. The lowest BCUT2D eigenvalue weighted by atomic mass is 9.86. The van der Waals surface area contributed by atoms with Gasteiger partial charge < -0.3 is 5.11 Å². The topological polar surface area (TPSA) is 20.2 Å². The second-order valence-corrected chi connectivity index (χ2v) is 5.79. The third kappa shape index (κ3) is 3.35. The molecule has 1 nitrogen and oxygen atoms in total. The van der Waals surface area contributed by atoms with E-state index < -0.39 is 6.10 Å². The van der Waals surface area contributed by atoms with Gasteiger partial charge in [-0.2, -0.15) is 0 Å². The summed E-state index contributed by atoms with van der Waals surface area (Å²) in [4.78, 5) is 0. The van der Waals surface area contributed by atoms with Gasteiger partial charge in [-0.25, -0.2) is 0 Å². The minimum atomic E-state index is -0.551. The second-order valence-electron chi connectivity index (χ2n) is 5.79. The Labute approximate surface area is 137 Å². The lowest BCUT2D eigenvalue weighted by Crippen LogP contribution is -2.09. The first-order valence-corrected chi connectivity index (χ1v) is 8.18. The summed E-state index contributed by atoms with van der Waals surface area (Å²) < 4.78 is 0. The molecule has 3 aromatic carbocycles. The molecule has 0 amide bonds. The first kappa shape index (κ1) is 15.5. The van der Waals surface area contributed by atoms with E-state index in [1.54, 1.807) is 0 Å². The number of hydrogen-bond acceptors (Lipinski definition) is 1. The normalized spacial score (nSPS) is 14.2.